The van der Waals surface area contributed by atoms with Gasteiger partial charge in [-0.3, -0.25) is 19.4 Å². The third-order valence-electron chi connectivity index (χ3n) is 5.80. The van der Waals surface area contributed by atoms with Crippen molar-refractivity contribution in [1.29, 1.82) is 0 Å². The van der Waals surface area contributed by atoms with E-state index in [9.17, 15) is 18.8 Å². The summed E-state index contributed by atoms with van der Waals surface area (Å²) < 4.78 is 13.3. The van der Waals surface area contributed by atoms with Gasteiger partial charge in [-0.1, -0.05) is 6.07 Å². The van der Waals surface area contributed by atoms with E-state index in [0.717, 1.165) is 25.9 Å². The predicted octanol–water partition coefficient (Wildman–Crippen LogP) is 2.43. The highest BCUT2D eigenvalue weighted by Gasteiger charge is 2.35. The Hall–Kier alpha value is -3.75. The van der Waals surface area contributed by atoms with Crippen LogP contribution in [0.15, 0.2) is 47.6 Å². The van der Waals surface area contributed by atoms with Gasteiger partial charge in [0.15, 0.2) is 0 Å². The van der Waals surface area contributed by atoms with E-state index in [0.29, 0.717) is 22.5 Å². The van der Waals surface area contributed by atoms with Gasteiger partial charge in [-0.2, -0.15) is 5.10 Å². The molecule has 0 saturated carbocycles. The van der Waals surface area contributed by atoms with Gasteiger partial charge in [0.05, 0.1) is 5.69 Å². The molecule has 1 atom stereocenters. The number of anilines is 2. The fourth-order valence-corrected chi connectivity index (χ4v) is 3.99. The molecule has 1 saturated heterocycles. The van der Waals surface area contributed by atoms with Crippen molar-refractivity contribution in [3.8, 4) is 0 Å². The molecule has 0 spiro atoms. The smallest absolute Gasteiger partial charge is 0.271 e. The van der Waals surface area contributed by atoms with Crippen LogP contribution >= 0.6 is 0 Å². The van der Waals surface area contributed by atoms with Crippen molar-refractivity contribution in [2.45, 2.75) is 32.2 Å². The standard InChI is InChI=1S/C23H24FN5O3/c1-14-17(23(32)28-11-2-3-12-28)5-4-6-18(14)26-22(31)19-13-20(21(25)30)29(27-19)16-9-7-15(24)8-10-16/h4-10,20H,2-3,11-13H2,1H3,(H2,25,30)(H,26,31). The van der Waals surface area contributed by atoms with Crippen LogP contribution in [0.25, 0.3) is 0 Å². The van der Waals surface area contributed by atoms with Gasteiger partial charge in [0, 0.05) is 30.8 Å². The summed E-state index contributed by atoms with van der Waals surface area (Å²) >= 11 is 0. The Labute approximate surface area is 184 Å². The Morgan fingerprint density at radius 1 is 1.09 bits per heavy atom. The summed E-state index contributed by atoms with van der Waals surface area (Å²) in [5.74, 6) is -1.61. The van der Waals surface area contributed by atoms with Gasteiger partial charge in [0.2, 0.25) is 5.91 Å². The van der Waals surface area contributed by atoms with Gasteiger partial charge >= 0.3 is 0 Å². The van der Waals surface area contributed by atoms with Gasteiger partial charge in [-0.05, 0) is 61.7 Å². The molecule has 0 radical (unpaired) electrons. The third kappa shape index (κ3) is 4.18. The zero-order valence-electron chi connectivity index (χ0n) is 17.7. The molecule has 8 nitrogen and oxygen atoms in total. The molecule has 3 N–H and O–H groups in total. The van der Waals surface area contributed by atoms with Crippen LogP contribution in [0, 0.1) is 12.7 Å². The Morgan fingerprint density at radius 3 is 2.44 bits per heavy atom. The van der Waals surface area contributed by atoms with Crippen molar-refractivity contribution in [3.63, 3.8) is 0 Å². The summed E-state index contributed by atoms with van der Waals surface area (Å²) in [4.78, 5) is 39.5. The highest BCUT2D eigenvalue weighted by molar-refractivity contribution is 6.44. The van der Waals surface area contributed by atoms with Crippen LogP contribution in [0.4, 0.5) is 15.8 Å². The second kappa shape index (κ2) is 8.78. The molecule has 1 fully saturated rings. The lowest BCUT2D eigenvalue weighted by molar-refractivity contribution is -0.119. The zero-order valence-corrected chi connectivity index (χ0v) is 17.7. The zero-order chi connectivity index (χ0) is 22.8. The Morgan fingerprint density at radius 2 is 1.78 bits per heavy atom. The van der Waals surface area contributed by atoms with Crippen LogP contribution in [0.2, 0.25) is 0 Å². The lowest BCUT2D eigenvalue weighted by atomic mass is 10.0. The fraction of sp³-hybridized carbons (Fsp3) is 0.304. The molecule has 2 aliphatic heterocycles. The molecule has 9 heteroatoms. The summed E-state index contributed by atoms with van der Waals surface area (Å²) in [5.41, 5.74) is 7.78. The first-order valence-corrected chi connectivity index (χ1v) is 10.5. The molecule has 2 aromatic carbocycles. The van der Waals surface area contributed by atoms with Crippen LogP contribution < -0.4 is 16.1 Å². The number of hydrogen-bond donors (Lipinski definition) is 2. The molecule has 0 aliphatic carbocycles. The summed E-state index contributed by atoms with van der Waals surface area (Å²) in [6.45, 7) is 3.26. The van der Waals surface area contributed by atoms with Gasteiger partial charge in [-0.15, -0.1) is 0 Å². The Kier molecular flexibility index (Phi) is 5.89. The first-order valence-electron chi connectivity index (χ1n) is 10.5. The Balaban J connectivity index is 1.55. The second-order valence-corrected chi connectivity index (χ2v) is 7.92. The van der Waals surface area contributed by atoms with Gasteiger partial charge in [-0.25, -0.2) is 4.39 Å². The maximum atomic E-state index is 13.3. The van der Waals surface area contributed by atoms with Crippen molar-refractivity contribution >= 4 is 34.8 Å². The number of amides is 3. The predicted molar refractivity (Wildman–Crippen MR) is 119 cm³/mol. The Bertz CT molecular complexity index is 1090. The van der Waals surface area contributed by atoms with Crippen molar-refractivity contribution in [1.82, 2.24) is 4.90 Å². The van der Waals surface area contributed by atoms with E-state index in [1.54, 1.807) is 25.1 Å². The normalized spacial score (nSPS) is 17.9. The first-order chi connectivity index (χ1) is 15.3. The lowest BCUT2D eigenvalue weighted by Gasteiger charge is -2.20. The molecular weight excluding hydrogens is 413 g/mol. The highest BCUT2D eigenvalue weighted by atomic mass is 19.1. The molecule has 1 unspecified atom stereocenters. The molecule has 3 amide bonds. The van der Waals surface area contributed by atoms with E-state index in [4.69, 9.17) is 5.73 Å². The van der Waals surface area contributed by atoms with E-state index in [1.807, 2.05) is 4.90 Å². The minimum atomic E-state index is -0.856. The van der Waals surface area contributed by atoms with Crippen LogP contribution in [-0.2, 0) is 9.59 Å². The second-order valence-electron chi connectivity index (χ2n) is 7.92. The largest absolute Gasteiger partial charge is 0.368 e. The molecule has 4 rings (SSSR count). The van der Waals surface area contributed by atoms with Gasteiger partial charge in [0.1, 0.15) is 17.6 Å². The van der Waals surface area contributed by atoms with E-state index < -0.39 is 23.7 Å². The van der Waals surface area contributed by atoms with E-state index >= 15 is 0 Å². The first kappa shape index (κ1) is 21.5. The number of rotatable bonds is 5. The number of nitrogens with zero attached hydrogens (tertiary/aromatic N) is 3. The number of halogens is 1. The summed E-state index contributed by atoms with van der Waals surface area (Å²) in [7, 11) is 0. The quantitative estimate of drug-likeness (QED) is 0.749. The molecule has 2 heterocycles. The van der Waals surface area contributed by atoms with Gasteiger partial charge in [0.25, 0.3) is 11.8 Å². The number of nitrogens with two attached hydrogens (primary N) is 1. The SMILES string of the molecule is Cc1c(NC(=O)C2=NN(c3ccc(F)cc3)C(C(N)=O)C2)cccc1C(=O)N1CCCC1. The van der Waals surface area contributed by atoms with Crippen molar-refractivity contribution in [3.05, 3.63) is 59.4 Å². The molecule has 32 heavy (non-hydrogen) atoms. The highest BCUT2D eigenvalue weighted by Crippen LogP contribution is 2.26. The lowest BCUT2D eigenvalue weighted by Crippen LogP contribution is -2.39. The fourth-order valence-electron chi connectivity index (χ4n) is 3.99. The molecule has 0 bridgehead atoms. The molecule has 2 aliphatic rings. The number of benzene rings is 2. The van der Waals surface area contributed by atoms with E-state index in [1.165, 1.54) is 29.3 Å². The molecular formula is C23H24FN5O3. The number of primary amides is 1. The number of carbonyl (C=O) groups excluding carboxylic acids is 3. The molecule has 166 valence electrons. The maximum absolute atomic E-state index is 13.3. The van der Waals surface area contributed by atoms with Crippen molar-refractivity contribution < 1.29 is 18.8 Å². The van der Waals surface area contributed by atoms with Gasteiger partial charge < -0.3 is 16.0 Å². The summed E-state index contributed by atoms with van der Waals surface area (Å²) in [6, 6.07) is 9.75. The topological polar surface area (TPSA) is 108 Å². The van der Waals surface area contributed by atoms with Crippen LogP contribution in [0.1, 0.15) is 35.2 Å². The van der Waals surface area contributed by atoms with E-state index in [2.05, 4.69) is 10.4 Å². The summed E-state index contributed by atoms with van der Waals surface area (Å²) in [6.07, 6.45) is 2.00. The number of carbonyl (C=O) groups is 3. The number of hydrogen-bond acceptors (Lipinski definition) is 5. The third-order valence-corrected chi connectivity index (χ3v) is 5.80. The van der Waals surface area contributed by atoms with Crippen LogP contribution in [0.3, 0.4) is 0 Å². The summed E-state index contributed by atoms with van der Waals surface area (Å²) in [5, 5.41) is 8.41. The van der Waals surface area contributed by atoms with E-state index in [-0.39, 0.29) is 18.0 Å². The minimum absolute atomic E-state index is 0.0178. The average Bonchev–Trinajstić information content (AvgIpc) is 3.46. The average molecular weight is 437 g/mol. The monoisotopic (exact) mass is 437 g/mol. The number of hydrazone groups is 1. The molecule has 0 aromatic heterocycles. The number of likely N-dealkylation sites (tertiary alicyclic amines) is 1. The number of nitrogens with one attached hydrogen (secondary N) is 1. The maximum Gasteiger partial charge on any atom is 0.271 e. The van der Waals surface area contributed by atoms with Crippen LogP contribution in [0.5, 0.6) is 0 Å². The van der Waals surface area contributed by atoms with Crippen molar-refractivity contribution in [2.24, 2.45) is 10.8 Å². The van der Waals surface area contributed by atoms with Crippen LogP contribution in [-0.4, -0.2) is 47.5 Å². The minimum Gasteiger partial charge on any atom is -0.368 e. The molecule has 2 aromatic rings. The van der Waals surface area contributed by atoms with Crippen molar-refractivity contribution in [2.75, 3.05) is 23.4 Å².